The Morgan fingerprint density at radius 3 is 2.88 bits per heavy atom. The summed E-state index contributed by atoms with van der Waals surface area (Å²) in [5.74, 6) is -0.0831. The number of aromatic nitrogens is 1. The molecule has 2 rings (SSSR count). The number of rotatable bonds is 7. The Morgan fingerprint density at radius 1 is 1.38 bits per heavy atom. The predicted octanol–water partition coefficient (Wildman–Crippen LogP) is 3.23. The third-order valence-corrected chi connectivity index (χ3v) is 3.97. The lowest BCUT2D eigenvalue weighted by Gasteiger charge is -2.08. The molecule has 0 unspecified atom stereocenters. The van der Waals surface area contributed by atoms with Gasteiger partial charge in [-0.25, -0.2) is 4.98 Å². The number of nitrogens with zero attached hydrogens (tertiary/aromatic N) is 1. The van der Waals surface area contributed by atoms with Crippen molar-refractivity contribution in [3.05, 3.63) is 39.9 Å². The Bertz CT molecular complexity index is 733. The molecule has 0 bridgehead atoms. The second kappa shape index (κ2) is 8.65. The fourth-order valence-corrected chi connectivity index (χ4v) is 2.83. The van der Waals surface area contributed by atoms with Gasteiger partial charge in [-0.05, 0) is 37.6 Å². The molecule has 1 amide bonds. The average Bonchev–Trinajstić information content (AvgIpc) is 2.93. The van der Waals surface area contributed by atoms with E-state index in [1.807, 2.05) is 6.92 Å². The lowest BCUT2D eigenvalue weighted by atomic mass is 10.2. The van der Waals surface area contributed by atoms with Gasteiger partial charge in [0.2, 0.25) is 0 Å². The third-order valence-electron chi connectivity index (χ3n) is 2.92. The minimum absolute atomic E-state index is 0.0840. The summed E-state index contributed by atoms with van der Waals surface area (Å²) in [4.78, 5) is 27.5. The van der Waals surface area contributed by atoms with Crippen molar-refractivity contribution in [1.82, 2.24) is 4.98 Å². The Kier molecular flexibility index (Phi) is 6.57. The lowest BCUT2D eigenvalue weighted by Crippen LogP contribution is -2.20. The molecule has 0 aliphatic rings. The van der Waals surface area contributed by atoms with Crippen molar-refractivity contribution in [3.63, 3.8) is 0 Å². The van der Waals surface area contributed by atoms with Crippen molar-refractivity contribution in [3.8, 4) is 5.75 Å². The van der Waals surface area contributed by atoms with E-state index < -0.39 is 0 Å². The molecule has 24 heavy (non-hydrogen) atoms. The Labute approximate surface area is 148 Å². The van der Waals surface area contributed by atoms with Gasteiger partial charge in [-0.15, -0.1) is 11.3 Å². The number of hydrogen-bond donors (Lipinski definition) is 1. The zero-order valence-electron chi connectivity index (χ0n) is 13.3. The maximum absolute atomic E-state index is 11.9. The van der Waals surface area contributed by atoms with Crippen LogP contribution in [0.3, 0.4) is 0 Å². The van der Waals surface area contributed by atoms with Crippen molar-refractivity contribution in [2.75, 3.05) is 18.5 Å². The number of amides is 1. The molecule has 8 heteroatoms. The molecule has 0 aliphatic heterocycles. The molecular weight excluding hydrogens is 352 g/mol. The van der Waals surface area contributed by atoms with E-state index in [0.717, 1.165) is 5.56 Å². The van der Waals surface area contributed by atoms with Crippen LogP contribution in [0.1, 0.15) is 18.2 Å². The highest BCUT2D eigenvalue weighted by atomic mass is 35.5. The number of aryl methyl sites for hydroxylation is 1. The van der Waals surface area contributed by atoms with E-state index in [1.54, 1.807) is 30.5 Å². The van der Waals surface area contributed by atoms with Crippen molar-refractivity contribution in [2.24, 2.45) is 0 Å². The van der Waals surface area contributed by atoms with Crippen molar-refractivity contribution >= 4 is 39.9 Å². The lowest BCUT2D eigenvalue weighted by molar-refractivity contribution is -0.142. The zero-order valence-corrected chi connectivity index (χ0v) is 14.9. The number of ether oxygens (including phenoxy) is 2. The number of esters is 1. The molecule has 0 saturated carbocycles. The van der Waals surface area contributed by atoms with Gasteiger partial charge >= 0.3 is 5.97 Å². The molecule has 0 atom stereocenters. The summed E-state index contributed by atoms with van der Waals surface area (Å²) in [6.45, 7) is 3.78. The minimum Gasteiger partial charge on any atom is -0.483 e. The van der Waals surface area contributed by atoms with Gasteiger partial charge in [0.1, 0.15) is 5.75 Å². The second-order valence-electron chi connectivity index (χ2n) is 4.87. The van der Waals surface area contributed by atoms with Crippen LogP contribution in [-0.4, -0.2) is 30.1 Å². The van der Waals surface area contributed by atoms with Gasteiger partial charge < -0.3 is 9.47 Å². The van der Waals surface area contributed by atoms with Gasteiger partial charge in [0, 0.05) is 10.4 Å². The van der Waals surface area contributed by atoms with Crippen molar-refractivity contribution < 1.29 is 19.1 Å². The van der Waals surface area contributed by atoms with Gasteiger partial charge in [-0.2, -0.15) is 0 Å². The number of carbonyl (C=O) groups excluding carboxylic acids is 2. The fourth-order valence-electron chi connectivity index (χ4n) is 1.88. The summed E-state index contributed by atoms with van der Waals surface area (Å²) in [6.07, 6.45) is 0.0840. The van der Waals surface area contributed by atoms with Crippen LogP contribution in [0.15, 0.2) is 23.6 Å². The van der Waals surface area contributed by atoms with Gasteiger partial charge in [-0.3, -0.25) is 14.9 Å². The SMILES string of the molecule is CCOC(=O)Cc1csc(NC(=O)COc2ccc(Cl)cc2C)n1. The first-order valence-electron chi connectivity index (χ1n) is 7.26. The smallest absolute Gasteiger partial charge is 0.311 e. The number of benzene rings is 1. The molecule has 0 fully saturated rings. The van der Waals surface area contributed by atoms with E-state index in [1.165, 1.54) is 11.3 Å². The molecule has 2 aromatic rings. The van der Waals surface area contributed by atoms with Crippen molar-refractivity contribution in [2.45, 2.75) is 20.3 Å². The van der Waals surface area contributed by atoms with Crippen LogP contribution in [0.4, 0.5) is 5.13 Å². The summed E-state index contributed by atoms with van der Waals surface area (Å²) in [5, 5.41) is 5.36. The molecule has 6 nitrogen and oxygen atoms in total. The van der Waals surface area contributed by atoms with Gasteiger partial charge in [-0.1, -0.05) is 11.6 Å². The number of thiazole rings is 1. The van der Waals surface area contributed by atoms with Gasteiger partial charge in [0.05, 0.1) is 18.7 Å². The number of anilines is 1. The molecule has 0 spiro atoms. The summed E-state index contributed by atoms with van der Waals surface area (Å²) in [7, 11) is 0. The quantitative estimate of drug-likeness (QED) is 0.759. The maximum Gasteiger partial charge on any atom is 0.311 e. The molecule has 1 aromatic carbocycles. The standard InChI is InChI=1S/C16H17ClN2O4S/c1-3-22-15(21)7-12-9-24-16(18-12)19-14(20)8-23-13-5-4-11(17)6-10(13)2/h4-6,9H,3,7-8H2,1-2H3,(H,18,19,20). The fraction of sp³-hybridized carbons (Fsp3) is 0.312. The topological polar surface area (TPSA) is 77.5 Å². The van der Waals surface area contributed by atoms with E-state index in [4.69, 9.17) is 21.1 Å². The van der Waals surface area contributed by atoms with E-state index in [9.17, 15) is 9.59 Å². The van der Waals surface area contributed by atoms with Crippen LogP contribution in [0, 0.1) is 6.92 Å². The largest absolute Gasteiger partial charge is 0.483 e. The van der Waals surface area contributed by atoms with E-state index in [-0.39, 0.29) is 24.9 Å². The Morgan fingerprint density at radius 2 is 2.17 bits per heavy atom. The van der Waals surface area contributed by atoms with Gasteiger partial charge in [0.25, 0.3) is 5.91 Å². The Hall–Kier alpha value is -2.12. The first-order valence-corrected chi connectivity index (χ1v) is 8.52. The molecule has 1 N–H and O–H groups in total. The van der Waals surface area contributed by atoms with Gasteiger partial charge in [0.15, 0.2) is 11.7 Å². The average molecular weight is 369 g/mol. The molecule has 128 valence electrons. The zero-order chi connectivity index (χ0) is 17.5. The normalized spacial score (nSPS) is 10.3. The molecule has 1 aromatic heterocycles. The highest BCUT2D eigenvalue weighted by Crippen LogP contribution is 2.22. The third kappa shape index (κ3) is 5.50. The summed E-state index contributed by atoms with van der Waals surface area (Å²) in [6, 6.07) is 5.17. The first kappa shape index (κ1) is 18.2. The van der Waals surface area contributed by atoms with E-state index in [2.05, 4.69) is 10.3 Å². The van der Waals surface area contributed by atoms with E-state index in [0.29, 0.717) is 28.2 Å². The van der Waals surface area contributed by atoms with Crippen LogP contribution in [0.5, 0.6) is 5.75 Å². The molecule has 1 heterocycles. The highest BCUT2D eigenvalue weighted by Gasteiger charge is 2.11. The maximum atomic E-state index is 11.9. The molecule has 0 saturated heterocycles. The summed E-state index contributed by atoms with van der Waals surface area (Å²) < 4.78 is 10.3. The predicted molar refractivity (Wildman–Crippen MR) is 92.8 cm³/mol. The van der Waals surface area contributed by atoms with Crippen LogP contribution in [-0.2, 0) is 20.7 Å². The molecule has 0 aliphatic carbocycles. The van der Waals surface area contributed by atoms with Crippen LogP contribution >= 0.6 is 22.9 Å². The molecular formula is C16H17ClN2O4S. The number of hydrogen-bond acceptors (Lipinski definition) is 6. The second-order valence-corrected chi connectivity index (χ2v) is 6.17. The number of nitrogens with one attached hydrogen (secondary N) is 1. The summed E-state index contributed by atoms with van der Waals surface area (Å²) in [5.41, 5.74) is 1.41. The van der Waals surface area contributed by atoms with Crippen LogP contribution < -0.4 is 10.1 Å². The van der Waals surface area contributed by atoms with Crippen LogP contribution in [0.25, 0.3) is 0 Å². The van der Waals surface area contributed by atoms with Crippen LogP contribution in [0.2, 0.25) is 5.02 Å². The van der Waals surface area contributed by atoms with E-state index >= 15 is 0 Å². The minimum atomic E-state index is -0.345. The molecule has 0 radical (unpaired) electrons. The highest BCUT2D eigenvalue weighted by molar-refractivity contribution is 7.13. The number of carbonyl (C=O) groups is 2. The number of halogens is 1. The monoisotopic (exact) mass is 368 g/mol. The first-order chi connectivity index (χ1) is 11.5. The van der Waals surface area contributed by atoms with Crippen molar-refractivity contribution in [1.29, 1.82) is 0 Å². The summed E-state index contributed by atoms with van der Waals surface area (Å²) >= 11 is 7.11. The Balaban J connectivity index is 1.84.